The Labute approximate surface area is 131 Å². The monoisotopic (exact) mass is 349 g/mol. The minimum absolute atomic E-state index is 0.0153. The van der Waals surface area contributed by atoms with Crippen LogP contribution in [0.1, 0.15) is 21.7 Å². The molecule has 0 radical (unpaired) electrons. The number of alkyl halides is 3. The summed E-state index contributed by atoms with van der Waals surface area (Å²) in [5, 5.41) is 10.9. The van der Waals surface area contributed by atoms with Crippen molar-refractivity contribution in [3.05, 3.63) is 34.5 Å². The summed E-state index contributed by atoms with van der Waals surface area (Å²) < 4.78 is 51.3. The molecule has 9 heteroatoms. The lowest BCUT2D eigenvalue weighted by molar-refractivity contribution is -0.157. The van der Waals surface area contributed by atoms with E-state index in [-0.39, 0.29) is 15.8 Å². The van der Waals surface area contributed by atoms with Gasteiger partial charge in [0.25, 0.3) is 5.91 Å². The second-order valence-electron chi connectivity index (χ2n) is 4.85. The molecular formula is C14H11F4NO3S. The predicted octanol–water partition coefficient (Wildman–Crippen LogP) is 3.48. The Bertz CT molecular complexity index is 769. The van der Waals surface area contributed by atoms with Crippen molar-refractivity contribution in [1.82, 2.24) is 5.32 Å². The van der Waals surface area contributed by atoms with Gasteiger partial charge in [-0.2, -0.15) is 13.2 Å². The summed E-state index contributed by atoms with van der Waals surface area (Å²) in [7, 11) is 0. The molecule has 0 spiro atoms. The SMILES string of the molecule is Cc1c(C(=O)NC(CC(F)(F)F)C(=O)O)sc2cccc(F)c12. The summed E-state index contributed by atoms with van der Waals surface area (Å²) >= 11 is 0.892. The van der Waals surface area contributed by atoms with Crippen LogP contribution in [0.5, 0.6) is 0 Å². The second-order valence-corrected chi connectivity index (χ2v) is 5.90. The molecule has 23 heavy (non-hydrogen) atoms. The number of aliphatic carboxylic acids is 1. The predicted molar refractivity (Wildman–Crippen MR) is 76.1 cm³/mol. The van der Waals surface area contributed by atoms with E-state index in [9.17, 15) is 27.2 Å². The van der Waals surface area contributed by atoms with Gasteiger partial charge in [0, 0.05) is 10.1 Å². The Kier molecular flexibility index (Phi) is 4.60. The molecule has 1 amide bonds. The topological polar surface area (TPSA) is 66.4 Å². The fraction of sp³-hybridized carbons (Fsp3) is 0.286. The molecule has 4 nitrogen and oxygen atoms in total. The van der Waals surface area contributed by atoms with Gasteiger partial charge in [-0.05, 0) is 24.6 Å². The average molecular weight is 349 g/mol. The van der Waals surface area contributed by atoms with Gasteiger partial charge < -0.3 is 10.4 Å². The summed E-state index contributed by atoms with van der Waals surface area (Å²) in [6, 6.07) is 2.11. The van der Waals surface area contributed by atoms with Crippen LogP contribution in [0.3, 0.4) is 0 Å². The molecule has 0 aliphatic heterocycles. The second kappa shape index (κ2) is 6.15. The summed E-state index contributed by atoms with van der Waals surface area (Å²) in [5.41, 5.74) is 0.261. The first-order valence-corrected chi connectivity index (χ1v) is 7.20. The highest BCUT2D eigenvalue weighted by Crippen LogP contribution is 2.32. The van der Waals surface area contributed by atoms with E-state index in [2.05, 4.69) is 0 Å². The van der Waals surface area contributed by atoms with Crippen molar-refractivity contribution < 1.29 is 32.3 Å². The molecule has 1 aromatic carbocycles. The molecule has 1 unspecified atom stereocenters. The van der Waals surface area contributed by atoms with Gasteiger partial charge in [0.2, 0.25) is 0 Å². The van der Waals surface area contributed by atoms with E-state index < -0.39 is 36.3 Å². The first kappa shape index (κ1) is 17.2. The van der Waals surface area contributed by atoms with Gasteiger partial charge >= 0.3 is 12.1 Å². The number of amides is 1. The highest BCUT2D eigenvalue weighted by Gasteiger charge is 2.36. The summed E-state index contributed by atoms with van der Waals surface area (Å²) in [6.45, 7) is 1.45. The Morgan fingerprint density at radius 1 is 1.35 bits per heavy atom. The van der Waals surface area contributed by atoms with Crippen molar-refractivity contribution in [3.63, 3.8) is 0 Å². The van der Waals surface area contributed by atoms with Crippen LogP contribution in [0.4, 0.5) is 17.6 Å². The van der Waals surface area contributed by atoms with Crippen LogP contribution in [0.15, 0.2) is 18.2 Å². The van der Waals surface area contributed by atoms with Crippen molar-refractivity contribution in [2.75, 3.05) is 0 Å². The lowest BCUT2D eigenvalue weighted by Crippen LogP contribution is -2.43. The molecule has 0 aliphatic rings. The van der Waals surface area contributed by atoms with Crippen LogP contribution in [-0.4, -0.2) is 29.2 Å². The number of rotatable bonds is 4. The van der Waals surface area contributed by atoms with Gasteiger partial charge in [-0.1, -0.05) is 6.07 Å². The Morgan fingerprint density at radius 3 is 2.52 bits per heavy atom. The van der Waals surface area contributed by atoms with Gasteiger partial charge in [-0.15, -0.1) is 11.3 Å². The van der Waals surface area contributed by atoms with Crippen molar-refractivity contribution in [2.45, 2.75) is 25.6 Å². The first-order valence-electron chi connectivity index (χ1n) is 6.38. The number of carboxylic acids is 1. The number of thiophene rings is 1. The Balaban J connectivity index is 2.31. The normalized spacial score (nSPS) is 13.1. The number of carbonyl (C=O) groups excluding carboxylic acids is 1. The zero-order valence-corrected chi connectivity index (χ0v) is 12.5. The zero-order chi connectivity index (χ0) is 17.4. The van der Waals surface area contributed by atoms with E-state index >= 15 is 0 Å². The van der Waals surface area contributed by atoms with Gasteiger partial charge in [-0.3, -0.25) is 4.79 Å². The number of halogens is 4. The van der Waals surface area contributed by atoms with Crippen LogP contribution in [0.25, 0.3) is 10.1 Å². The molecule has 2 rings (SSSR count). The smallest absolute Gasteiger partial charge is 0.391 e. The maximum Gasteiger partial charge on any atom is 0.391 e. The highest BCUT2D eigenvalue weighted by molar-refractivity contribution is 7.21. The van der Waals surface area contributed by atoms with E-state index in [1.807, 2.05) is 5.32 Å². The molecule has 0 saturated carbocycles. The van der Waals surface area contributed by atoms with Gasteiger partial charge in [0.1, 0.15) is 11.9 Å². The molecule has 2 N–H and O–H groups in total. The number of hydrogen-bond acceptors (Lipinski definition) is 3. The Hall–Kier alpha value is -2.16. The lowest BCUT2D eigenvalue weighted by atomic mass is 10.1. The number of carboxylic acid groups (broad SMARTS) is 1. The number of nitrogens with one attached hydrogen (secondary N) is 1. The van der Waals surface area contributed by atoms with E-state index in [1.54, 1.807) is 6.07 Å². The number of benzene rings is 1. The molecule has 0 aliphatic carbocycles. The van der Waals surface area contributed by atoms with Crippen molar-refractivity contribution >= 4 is 33.3 Å². The first-order chi connectivity index (χ1) is 10.6. The summed E-state index contributed by atoms with van der Waals surface area (Å²) in [4.78, 5) is 23.0. The van der Waals surface area contributed by atoms with E-state index in [0.29, 0.717) is 4.70 Å². The van der Waals surface area contributed by atoms with E-state index in [0.717, 1.165) is 11.3 Å². The quantitative estimate of drug-likeness (QED) is 0.831. The molecule has 0 bridgehead atoms. The fourth-order valence-corrected chi connectivity index (χ4v) is 3.25. The van der Waals surface area contributed by atoms with Crippen molar-refractivity contribution in [2.24, 2.45) is 0 Å². The van der Waals surface area contributed by atoms with Crippen molar-refractivity contribution in [1.29, 1.82) is 0 Å². The van der Waals surface area contributed by atoms with E-state index in [1.165, 1.54) is 19.1 Å². The third kappa shape index (κ3) is 3.79. The molecule has 0 fully saturated rings. The third-order valence-electron chi connectivity index (χ3n) is 3.15. The number of carbonyl (C=O) groups is 2. The molecule has 1 aromatic heterocycles. The standard InChI is InChI=1S/C14H11F4NO3S/c1-6-10-7(15)3-2-4-9(10)23-11(6)12(20)19-8(13(21)22)5-14(16,17)18/h2-4,8H,5H2,1H3,(H,19,20)(H,21,22). The molecule has 1 heterocycles. The average Bonchev–Trinajstić information content (AvgIpc) is 2.75. The minimum atomic E-state index is -4.74. The van der Waals surface area contributed by atoms with Crippen molar-refractivity contribution in [3.8, 4) is 0 Å². The van der Waals surface area contributed by atoms with Crippen LogP contribution in [0, 0.1) is 12.7 Å². The zero-order valence-electron chi connectivity index (χ0n) is 11.7. The largest absolute Gasteiger partial charge is 0.480 e. The van der Waals surface area contributed by atoms with Crippen LogP contribution >= 0.6 is 11.3 Å². The lowest BCUT2D eigenvalue weighted by Gasteiger charge is -2.16. The molecule has 2 aromatic rings. The summed E-state index contributed by atoms with van der Waals surface area (Å²) in [5.74, 6) is -3.32. The fourth-order valence-electron chi connectivity index (χ4n) is 2.13. The van der Waals surface area contributed by atoms with Crippen LogP contribution < -0.4 is 5.32 Å². The minimum Gasteiger partial charge on any atom is -0.480 e. The molecule has 1 atom stereocenters. The Morgan fingerprint density at radius 2 is 2.00 bits per heavy atom. The number of aryl methyl sites for hydroxylation is 1. The molecular weight excluding hydrogens is 338 g/mol. The van der Waals surface area contributed by atoms with Gasteiger partial charge in [0.05, 0.1) is 11.3 Å². The van der Waals surface area contributed by atoms with E-state index in [4.69, 9.17) is 5.11 Å². The number of fused-ring (bicyclic) bond motifs is 1. The van der Waals surface area contributed by atoms with Gasteiger partial charge in [0.15, 0.2) is 0 Å². The highest BCUT2D eigenvalue weighted by atomic mass is 32.1. The summed E-state index contributed by atoms with van der Waals surface area (Å²) in [6.07, 6.45) is -6.43. The molecule has 124 valence electrons. The van der Waals surface area contributed by atoms with Crippen LogP contribution in [-0.2, 0) is 4.79 Å². The maximum atomic E-state index is 13.8. The third-order valence-corrected chi connectivity index (χ3v) is 4.40. The maximum absolute atomic E-state index is 13.8. The molecule has 0 saturated heterocycles. The number of hydrogen-bond donors (Lipinski definition) is 2. The van der Waals surface area contributed by atoms with Crippen LogP contribution in [0.2, 0.25) is 0 Å². The van der Waals surface area contributed by atoms with Gasteiger partial charge in [-0.25, -0.2) is 9.18 Å².